The molecule has 5 nitrogen and oxygen atoms in total. The highest BCUT2D eigenvalue weighted by molar-refractivity contribution is 7.25. The number of nitrogens with one attached hydrogen (secondary N) is 1. The summed E-state index contributed by atoms with van der Waals surface area (Å²) >= 11 is 1.85. The van der Waals surface area contributed by atoms with E-state index >= 15 is 0 Å². The van der Waals surface area contributed by atoms with Crippen molar-refractivity contribution in [3.05, 3.63) is 223 Å². The summed E-state index contributed by atoms with van der Waals surface area (Å²) in [6, 6.07) is 73.3. The highest BCUT2D eigenvalue weighted by Crippen LogP contribution is 2.39. The number of aliphatic imine (C=N–C) groups is 2. The third kappa shape index (κ3) is 5.91. The molecule has 1 N–H and O–H groups in total. The van der Waals surface area contributed by atoms with Gasteiger partial charge in [-0.2, -0.15) is 0 Å². The predicted molar refractivity (Wildman–Crippen MR) is 264 cm³/mol. The van der Waals surface area contributed by atoms with Crippen LogP contribution in [0, 0.1) is 0 Å². The molecule has 13 rings (SSSR count). The molecule has 0 spiro atoms. The number of hydrogen-bond donors (Lipinski definition) is 1. The molecule has 0 bridgehead atoms. The van der Waals surface area contributed by atoms with Crippen molar-refractivity contribution in [3.8, 4) is 27.9 Å². The summed E-state index contributed by atoms with van der Waals surface area (Å²) in [5, 5.41) is 10.8. The number of aromatic nitrogens is 1. The molecule has 0 unspecified atom stereocenters. The second kappa shape index (κ2) is 14.3. The molecule has 4 heterocycles. The van der Waals surface area contributed by atoms with Crippen LogP contribution in [-0.2, 0) is 0 Å². The van der Waals surface area contributed by atoms with Crippen molar-refractivity contribution >= 4 is 86.9 Å². The SMILES string of the molecule is c1ccc([C@H]2N=C(c3cccc4c3oc3cc(-c5ccc(-c6ccc7c(c6)sc6ccccc67)cc5)ccc34)N=C(c3ccc4c5ccccc5n(-c5ccccc5)c4c3)N2)cc1. The van der Waals surface area contributed by atoms with Crippen LogP contribution in [0.2, 0.25) is 0 Å². The van der Waals surface area contributed by atoms with Gasteiger partial charge in [0.1, 0.15) is 23.2 Å². The number of rotatable bonds is 6. The number of amidine groups is 2. The number of hydrogen-bond acceptors (Lipinski definition) is 5. The minimum Gasteiger partial charge on any atom is -0.455 e. The lowest BCUT2D eigenvalue weighted by Gasteiger charge is -2.24. The summed E-state index contributed by atoms with van der Waals surface area (Å²) in [7, 11) is 0. The zero-order valence-corrected chi connectivity index (χ0v) is 34.7. The van der Waals surface area contributed by atoms with Crippen molar-refractivity contribution in [2.45, 2.75) is 6.17 Å². The van der Waals surface area contributed by atoms with Crippen LogP contribution in [-0.4, -0.2) is 16.2 Å². The summed E-state index contributed by atoms with van der Waals surface area (Å²) in [6.07, 6.45) is -0.356. The quantitative estimate of drug-likeness (QED) is 0.182. The fraction of sp³-hybridized carbons (Fsp3) is 0.0175. The Bertz CT molecular complexity index is 3820. The van der Waals surface area contributed by atoms with Crippen molar-refractivity contribution in [1.82, 2.24) is 9.88 Å². The predicted octanol–water partition coefficient (Wildman–Crippen LogP) is 14.9. The Morgan fingerprint density at radius 2 is 1.08 bits per heavy atom. The molecular formula is C57H36N4OS. The summed E-state index contributed by atoms with van der Waals surface area (Å²) in [5.41, 5.74) is 12.5. The molecule has 0 saturated heterocycles. The maximum atomic E-state index is 6.82. The van der Waals surface area contributed by atoms with Gasteiger partial charge in [0.15, 0.2) is 5.84 Å². The minimum absolute atomic E-state index is 0.356. The molecule has 63 heavy (non-hydrogen) atoms. The van der Waals surface area contributed by atoms with Crippen LogP contribution in [0.25, 0.3) is 91.9 Å². The van der Waals surface area contributed by atoms with Gasteiger partial charge in [0.25, 0.3) is 0 Å². The van der Waals surface area contributed by atoms with E-state index in [1.807, 2.05) is 17.4 Å². The van der Waals surface area contributed by atoms with E-state index in [-0.39, 0.29) is 6.17 Å². The third-order valence-corrected chi connectivity index (χ3v) is 13.6. The average molecular weight is 825 g/mol. The molecule has 9 aromatic carbocycles. The molecule has 0 saturated carbocycles. The lowest BCUT2D eigenvalue weighted by molar-refractivity contribution is 0.663. The van der Waals surface area contributed by atoms with Gasteiger partial charge in [0.05, 0.1) is 16.6 Å². The second-order valence-corrected chi connectivity index (χ2v) is 17.3. The number of benzene rings is 9. The summed E-state index contributed by atoms with van der Waals surface area (Å²) in [4.78, 5) is 10.6. The van der Waals surface area contributed by atoms with Gasteiger partial charge in [-0.1, -0.05) is 152 Å². The molecule has 12 aromatic rings. The molecule has 0 fully saturated rings. The van der Waals surface area contributed by atoms with E-state index < -0.39 is 0 Å². The van der Waals surface area contributed by atoms with Crippen molar-refractivity contribution in [2.24, 2.45) is 9.98 Å². The van der Waals surface area contributed by atoms with Crippen molar-refractivity contribution < 1.29 is 4.42 Å². The van der Waals surface area contributed by atoms with E-state index in [0.717, 1.165) is 72.3 Å². The number of furan rings is 1. The van der Waals surface area contributed by atoms with Crippen LogP contribution in [0.3, 0.4) is 0 Å². The lowest BCUT2D eigenvalue weighted by Crippen LogP contribution is -2.33. The van der Waals surface area contributed by atoms with Crippen LogP contribution in [0.15, 0.2) is 221 Å². The molecule has 3 aromatic heterocycles. The summed E-state index contributed by atoms with van der Waals surface area (Å²) < 4.78 is 11.8. The van der Waals surface area contributed by atoms with Crippen LogP contribution < -0.4 is 5.32 Å². The Morgan fingerprint density at radius 1 is 0.460 bits per heavy atom. The van der Waals surface area contributed by atoms with E-state index in [0.29, 0.717) is 5.84 Å². The zero-order valence-electron chi connectivity index (χ0n) is 33.9. The van der Waals surface area contributed by atoms with Crippen molar-refractivity contribution in [2.75, 3.05) is 0 Å². The standard InChI is InChI=1S/C57H36N4OS/c1-3-12-37(13-4-1)55-58-56(40-28-29-43-42-16-7-9-20-49(42)61(50(43)32-40)41-14-5-2-6-15-41)60-57(59-55)48-19-11-18-47-44-30-26-38(33-51(44)62-54(47)48)35-22-24-36(25-23-35)39-27-31-46-45-17-8-10-21-52(45)63-53(46)34-39/h1-34,55H,(H,58,59,60)/t55-/m1/s1. The van der Waals surface area contributed by atoms with E-state index in [1.54, 1.807) is 0 Å². The molecule has 0 amide bonds. The van der Waals surface area contributed by atoms with Gasteiger partial charge in [0, 0.05) is 53.0 Å². The maximum absolute atomic E-state index is 6.82. The second-order valence-electron chi connectivity index (χ2n) is 16.2. The Balaban J connectivity index is 0.888. The Labute approximate surface area is 366 Å². The van der Waals surface area contributed by atoms with E-state index in [1.165, 1.54) is 42.1 Å². The van der Waals surface area contributed by atoms with Gasteiger partial charge in [-0.15, -0.1) is 11.3 Å². The van der Waals surface area contributed by atoms with Crippen LogP contribution in [0.5, 0.6) is 0 Å². The summed E-state index contributed by atoms with van der Waals surface area (Å²) in [6.45, 7) is 0. The van der Waals surface area contributed by atoms with E-state index in [9.17, 15) is 0 Å². The van der Waals surface area contributed by atoms with Crippen LogP contribution in [0.1, 0.15) is 22.9 Å². The average Bonchev–Trinajstić information content (AvgIpc) is 4.03. The Hall–Kier alpha value is -8.06. The molecule has 0 aliphatic carbocycles. The number of thiophene rings is 1. The monoisotopic (exact) mass is 824 g/mol. The first-order valence-corrected chi connectivity index (χ1v) is 22.1. The number of para-hydroxylation sites is 3. The molecule has 296 valence electrons. The smallest absolute Gasteiger partial charge is 0.163 e. The Morgan fingerprint density at radius 3 is 1.90 bits per heavy atom. The third-order valence-electron chi connectivity index (χ3n) is 12.5. The summed E-state index contributed by atoms with van der Waals surface area (Å²) in [5.74, 6) is 1.37. The minimum atomic E-state index is -0.356. The first-order valence-electron chi connectivity index (χ1n) is 21.2. The highest BCUT2D eigenvalue weighted by atomic mass is 32.1. The normalized spacial score (nSPS) is 14.2. The van der Waals surface area contributed by atoms with E-state index in [4.69, 9.17) is 14.4 Å². The lowest BCUT2D eigenvalue weighted by atomic mass is 9.99. The number of fused-ring (bicyclic) bond motifs is 9. The maximum Gasteiger partial charge on any atom is 0.163 e. The first kappa shape index (κ1) is 35.7. The topological polar surface area (TPSA) is 54.8 Å². The van der Waals surface area contributed by atoms with Gasteiger partial charge in [-0.3, -0.25) is 0 Å². The Kier molecular flexibility index (Phi) is 8.08. The molecule has 0 radical (unpaired) electrons. The molecule has 1 atom stereocenters. The van der Waals surface area contributed by atoms with Crippen LogP contribution >= 0.6 is 11.3 Å². The molecule has 6 heteroatoms. The van der Waals surface area contributed by atoms with Gasteiger partial charge < -0.3 is 14.3 Å². The zero-order chi connectivity index (χ0) is 41.4. The van der Waals surface area contributed by atoms with Gasteiger partial charge >= 0.3 is 0 Å². The molecular weight excluding hydrogens is 789 g/mol. The number of nitrogens with zero attached hydrogens (tertiary/aromatic N) is 3. The largest absolute Gasteiger partial charge is 0.455 e. The highest BCUT2D eigenvalue weighted by Gasteiger charge is 2.25. The van der Waals surface area contributed by atoms with Gasteiger partial charge in [-0.05, 0) is 82.4 Å². The van der Waals surface area contributed by atoms with Gasteiger partial charge in [-0.25, -0.2) is 9.98 Å². The van der Waals surface area contributed by atoms with Crippen molar-refractivity contribution in [1.29, 1.82) is 0 Å². The van der Waals surface area contributed by atoms with Crippen molar-refractivity contribution in [3.63, 3.8) is 0 Å². The first-order chi connectivity index (χ1) is 31.2. The fourth-order valence-corrected chi connectivity index (χ4v) is 10.6. The fourth-order valence-electron chi connectivity index (χ4n) is 9.41. The van der Waals surface area contributed by atoms with E-state index in [2.05, 4.69) is 210 Å². The van der Waals surface area contributed by atoms with Gasteiger partial charge in [0.2, 0.25) is 0 Å². The molecule has 1 aliphatic rings. The van der Waals surface area contributed by atoms with Crippen LogP contribution in [0.4, 0.5) is 0 Å². The molecule has 1 aliphatic heterocycles.